The van der Waals surface area contributed by atoms with Crippen molar-refractivity contribution in [2.75, 3.05) is 11.9 Å². The fourth-order valence-electron chi connectivity index (χ4n) is 3.98. The van der Waals surface area contributed by atoms with Crippen molar-refractivity contribution in [2.24, 2.45) is 17.8 Å². The first-order chi connectivity index (χ1) is 10.2. The smallest absolute Gasteiger partial charge is 0.335 e. The predicted octanol–water partition coefficient (Wildman–Crippen LogP) is 3.37. The summed E-state index contributed by atoms with van der Waals surface area (Å²) < 4.78 is 5.61. The van der Waals surface area contributed by atoms with Gasteiger partial charge in [-0.05, 0) is 55.2 Å². The lowest BCUT2D eigenvalue weighted by Crippen LogP contribution is -2.20. The number of rotatable bonds is 4. The fraction of sp³-hybridized carbons (Fsp3) is 0.500. The van der Waals surface area contributed by atoms with Gasteiger partial charge in [0.15, 0.2) is 5.58 Å². The molecular weight excluding hydrogens is 268 g/mol. The Morgan fingerprint density at radius 3 is 3.00 bits per heavy atom. The van der Waals surface area contributed by atoms with Gasteiger partial charge in [-0.15, -0.1) is 0 Å². The van der Waals surface area contributed by atoms with Gasteiger partial charge in [-0.3, -0.25) is 0 Å². The number of carbonyl (C=O) groups is 1. The van der Waals surface area contributed by atoms with Crippen LogP contribution in [0, 0.1) is 17.8 Å². The maximum atomic E-state index is 10.9. The van der Waals surface area contributed by atoms with E-state index in [-0.39, 0.29) is 5.56 Å². The van der Waals surface area contributed by atoms with Crippen LogP contribution < -0.4 is 5.32 Å². The Morgan fingerprint density at radius 2 is 2.29 bits per heavy atom. The summed E-state index contributed by atoms with van der Waals surface area (Å²) in [5, 5.41) is 12.3. The number of hydrogen-bond acceptors (Lipinski definition) is 4. The molecule has 21 heavy (non-hydrogen) atoms. The van der Waals surface area contributed by atoms with Gasteiger partial charge in [-0.2, -0.15) is 4.98 Å². The van der Waals surface area contributed by atoms with Crippen LogP contribution in [-0.4, -0.2) is 22.6 Å². The number of aromatic nitrogens is 1. The lowest BCUT2D eigenvalue weighted by Gasteiger charge is -2.21. The molecule has 0 amide bonds. The van der Waals surface area contributed by atoms with Gasteiger partial charge in [0, 0.05) is 6.54 Å². The summed E-state index contributed by atoms with van der Waals surface area (Å²) in [6, 6.07) is 5.25. The van der Waals surface area contributed by atoms with Crippen LogP contribution in [0.1, 0.15) is 36.0 Å². The molecule has 5 nitrogen and oxygen atoms in total. The van der Waals surface area contributed by atoms with E-state index < -0.39 is 5.97 Å². The summed E-state index contributed by atoms with van der Waals surface area (Å²) in [7, 11) is 0. The molecule has 3 atom stereocenters. The van der Waals surface area contributed by atoms with Crippen LogP contribution in [0.3, 0.4) is 0 Å². The molecule has 2 aliphatic rings. The Morgan fingerprint density at radius 1 is 1.38 bits per heavy atom. The highest BCUT2D eigenvalue weighted by molar-refractivity contribution is 5.92. The van der Waals surface area contributed by atoms with E-state index in [1.165, 1.54) is 31.7 Å². The van der Waals surface area contributed by atoms with Crippen LogP contribution in [0.5, 0.6) is 0 Å². The molecule has 0 spiro atoms. The molecular formula is C16H18N2O3. The molecule has 1 aromatic heterocycles. The average Bonchev–Trinajstić information content (AvgIpc) is 3.18. The van der Waals surface area contributed by atoms with Crippen molar-refractivity contribution >= 4 is 23.1 Å². The highest BCUT2D eigenvalue weighted by atomic mass is 16.4. The Labute approximate surface area is 122 Å². The first-order valence-electron chi connectivity index (χ1n) is 7.57. The van der Waals surface area contributed by atoms with Gasteiger partial charge in [0.1, 0.15) is 5.52 Å². The molecule has 2 bridgehead atoms. The third-order valence-corrected chi connectivity index (χ3v) is 5.04. The number of benzene rings is 1. The number of hydrogen-bond donors (Lipinski definition) is 2. The van der Waals surface area contributed by atoms with E-state index >= 15 is 0 Å². The fourth-order valence-corrected chi connectivity index (χ4v) is 3.98. The van der Waals surface area contributed by atoms with Crippen molar-refractivity contribution in [3.63, 3.8) is 0 Å². The topological polar surface area (TPSA) is 75.4 Å². The minimum absolute atomic E-state index is 0.221. The maximum absolute atomic E-state index is 10.9. The van der Waals surface area contributed by atoms with Gasteiger partial charge in [-0.25, -0.2) is 4.79 Å². The molecule has 110 valence electrons. The molecule has 0 radical (unpaired) electrons. The van der Waals surface area contributed by atoms with Crippen molar-refractivity contribution in [3.05, 3.63) is 23.8 Å². The second kappa shape index (κ2) is 4.76. The minimum atomic E-state index is -0.954. The van der Waals surface area contributed by atoms with Gasteiger partial charge >= 0.3 is 5.97 Å². The molecule has 2 aliphatic carbocycles. The predicted molar refractivity (Wildman–Crippen MR) is 78.4 cm³/mol. The summed E-state index contributed by atoms with van der Waals surface area (Å²) >= 11 is 0. The van der Waals surface area contributed by atoms with Gasteiger partial charge < -0.3 is 14.8 Å². The highest BCUT2D eigenvalue weighted by Crippen LogP contribution is 2.48. The van der Waals surface area contributed by atoms with Crippen molar-refractivity contribution in [2.45, 2.75) is 25.7 Å². The van der Waals surface area contributed by atoms with Crippen LogP contribution >= 0.6 is 0 Å². The third-order valence-electron chi connectivity index (χ3n) is 5.04. The molecule has 0 saturated heterocycles. The van der Waals surface area contributed by atoms with E-state index in [2.05, 4.69) is 10.3 Å². The molecule has 0 aliphatic heterocycles. The van der Waals surface area contributed by atoms with E-state index in [9.17, 15) is 4.79 Å². The summed E-state index contributed by atoms with van der Waals surface area (Å²) in [5.74, 6) is 1.58. The van der Waals surface area contributed by atoms with E-state index in [0.29, 0.717) is 17.1 Å². The van der Waals surface area contributed by atoms with Crippen LogP contribution in [-0.2, 0) is 0 Å². The van der Waals surface area contributed by atoms with Gasteiger partial charge in [-0.1, -0.05) is 6.42 Å². The number of nitrogens with zero attached hydrogens (tertiary/aromatic N) is 1. The molecule has 4 rings (SSSR count). The van der Waals surface area contributed by atoms with Crippen molar-refractivity contribution < 1.29 is 14.3 Å². The second-order valence-electron chi connectivity index (χ2n) is 6.32. The molecule has 2 saturated carbocycles. The quantitative estimate of drug-likeness (QED) is 0.901. The molecule has 2 N–H and O–H groups in total. The maximum Gasteiger partial charge on any atom is 0.335 e. The van der Waals surface area contributed by atoms with E-state index in [4.69, 9.17) is 9.52 Å². The molecule has 1 heterocycles. The number of oxazole rings is 1. The van der Waals surface area contributed by atoms with Crippen molar-refractivity contribution in [1.82, 2.24) is 4.98 Å². The number of anilines is 1. The Balaban J connectivity index is 1.48. The van der Waals surface area contributed by atoms with Crippen LogP contribution in [0.25, 0.3) is 11.1 Å². The standard InChI is InChI=1S/C16H18N2O3/c19-15(20)11-3-4-13-14(7-11)21-16(18-13)17-8-12-6-9-1-2-10(12)5-9/h3-4,7,9-10,12H,1-2,5-6,8H2,(H,17,18)(H,19,20). The lowest BCUT2D eigenvalue weighted by atomic mass is 9.89. The van der Waals surface area contributed by atoms with E-state index in [1.807, 2.05) is 0 Å². The third kappa shape index (κ3) is 2.26. The number of fused-ring (bicyclic) bond motifs is 3. The summed E-state index contributed by atoms with van der Waals surface area (Å²) in [4.78, 5) is 15.3. The largest absolute Gasteiger partial charge is 0.478 e. The zero-order valence-corrected chi connectivity index (χ0v) is 11.7. The van der Waals surface area contributed by atoms with Crippen molar-refractivity contribution in [3.8, 4) is 0 Å². The molecule has 2 aromatic rings. The Bertz CT molecular complexity index is 694. The zero-order valence-electron chi connectivity index (χ0n) is 11.7. The van der Waals surface area contributed by atoms with Crippen LogP contribution in [0.4, 0.5) is 6.01 Å². The lowest BCUT2D eigenvalue weighted by molar-refractivity contribution is 0.0697. The first-order valence-corrected chi connectivity index (χ1v) is 7.57. The SMILES string of the molecule is O=C(O)c1ccc2nc(NCC3CC4CCC3C4)oc2c1. The van der Waals surface area contributed by atoms with Crippen molar-refractivity contribution in [1.29, 1.82) is 0 Å². The molecule has 2 fully saturated rings. The Kier molecular flexibility index (Phi) is 2.87. The molecule has 1 aromatic carbocycles. The van der Waals surface area contributed by atoms with Crippen LogP contribution in [0.15, 0.2) is 22.6 Å². The summed E-state index contributed by atoms with van der Waals surface area (Å²) in [5.41, 5.74) is 1.43. The number of carboxylic acids is 1. The monoisotopic (exact) mass is 286 g/mol. The van der Waals surface area contributed by atoms with E-state index in [0.717, 1.165) is 24.3 Å². The summed E-state index contributed by atoms with van der Waals surface area (Å²) in [6.45, 7) is 0.903. The normalized spacial score (nSPS) is 27.3. The van der Waals surface area contributed by atoms with Crippen LogP contribution in [0.2, 0.25) is 0 Å². The highest BCUT2D eigenvalue weighted by Gasteiger charge is 2.39. The summed E-state index contributed by atoms with van der Waals surface area (Å²) in [6.07, 6.45) is 5.48. The minimum Gasteiger partial charge on any atom is -0.478 e. The first kappa shape index (κ1) is 12.7. The number of nitrogens with one attached hydrogen (secondary N) is 1. The average molecular weight is 286 g/mol. The van der Waals surface area contributed by atoms with Gasteiger partial charge in [0.2, 0.25) is 0 Å². The molecule has 5 heteroatoms. The zero-order chi connectivity index (χ0) is 14.4. The second-order valence-corrected chi connectivity index (χ2v) is 6.32. The van der Waals surface area contributed by atoms with Gasteiger partial charge in [0.25, 0.3) is 6.01 Å². The Hall–Kier alpha value is -2.04. The van der Waals surface area contributed by atoms with Gasteiger partial charge in [0.05, 0.1) is 5.56 Å². The van der Waals surface area contributed by atoms with E-state index in [1.54, 1.807) is 12.1 Å². The molecule has 3 unspecified atom stereocenters. The number of aromatic carboxylic acids is 1. The number of carboxylic acid groups (broad SMARTS) is 1.